The minimum Gasteiger partial charge on any atom is -0.462 e. The van der Waals surface area contributed by atoms with Gasteiger partial charge in [0.2, 0.25) is 0 Å². The van der Waals surface area contributed by atoms with Crippen LogP contribution in [0.2, 0.25) is 0 Å². The Morgan fingerprint density at radius 1 is 1.32 bits per heavy atom. The molecule has 0 aliphatic carbocycles. The highest BCUT2D eigenvalue weighted by atomic mass is 32.5. The van der Waals surface area contributed by atoms with Gasteiger partial charge in [-0.05, 0) is 44.7 Å². The van der Waals surface area contributed by atoms with E-state index >= 15 is 0 Å². The zero-order valence-electron chi connectivity index (χ0n) is 20.5. The lowest BCUT2D eigenvalue weighted by atomic mass is 9.94. The Kier molecular flexibility index (Phi) is 9.24. The summed E-state index contributed by atoms with van der Waals surface area (Å²) in [5, 5.41) is 24.8. The van der Waals surface area contributed by atoms with Gasteiger partial charge in [-0.2, -0.15) is 0 Å². The van der Waals surface area contributed by atoms with Crippen molar-refractivity contribution in [2.45, 2.75) is 57.0 Å². The first-order valence-electron chi connectivity index (χ1n) is 11.4. The Labute approximate surface area is 218 Å². The van der Waals surface area contributed by atoms with Crippen LogP contribution in [0.4, 0.5) is 0 Å². The maximum absolute atomic E-state index is 12.4. The molecule has 0 radical (unpaired) electrons. The SMILES string of the molecule is C=C[C@@]1(O)[C@H](O)[C@@H](CO[P@](=S)(N[C@@H](C)C(=O)OC(C)C)Oc2ccccc2)O[C@H]1n1ccc(=O)[nH]c1=O. The van der Waals surface area contributed by atoms with Crippen LogP contribution in [0.25, 0.3) is 0 Å². The van der Waals surface area contributed by atoms with Crippen molar-refractivity contribution in [1.29, 1.82) is 0 Å². The molecule has 14 heteroatoms. The zero-order valence-corrected chi connectivity index (χ0v) is 22.2. The van der Waals surface area contributed by atoms with Crippen LogP contribution in [-0.4, -0.2) is 62.3 Å². The molecular weight excluding hydrogens is 525 g/mol. The van der Waals surface area contributed by atoms with E-state index < -0.39 is 60.5 Å². The summed E-state index contributed by atoms with van der Waals surface area (Å²) in [5.74, 6) is -0.198. The molecule has 37 heavy (non-hydrogen) atoms. The monoisotopic (exact) mass is 555 g/mol. The Morgan fingerprint density at radius 3 is 2.59 bits per heavy atom. The summed E-state index contributed by atoms with van der Waals surface area (Å²) in [4.78, 5) is 38.2. The number of benzene rings is 1. The van der Waals surface area contributed by atoms with Crippen LogP contribution >= 0.6 is 6.64 Å². The minimum atomic E-state index is -3.46. The van der Waals surface area contributed by atoms with E-state index in [1.165, 1.54) is 0 Å². The van der Waals surface area contributed by atoms with Crippen LogP contribution in [0.15, 0.2) is 64.8 Å². The summed E-state index contributed by atoms with van der Waals surface area (Å²) in [6.45, 7) is 4.65. The van der Waals surface area contributed by atoms with E-state index in [0.717, 1.165) is 22.9 Å². The third kappa shape index (κ3) is 6.82. The average molecular weight is 556 g/mol. The molecule has 1 fully saturated rings. The van der Waals surface area contributed by atoms with Crippen LogP contribution in [0.1, 0.15) is 27.0 Å². The fourth-order valence-corrected chi connectivity index (χ4v) is 5.97. The fraction of sp³-hybridized carbons (Fsp3) is 0.435. The summed E-state index contributed by atoms with van der Waals surface area (Å²) in [5.41, 5.74) is -3.61. The Bertz CT molecular complexity index is 1270. The number of hydrogen-bond donors (Lipinski definition) is 4. The summed E-state index contributed by atoms with van der Waals surface area (Å²) in [6, 6.07) is 8.71. The number of aliphatic hydroxyl groups excluding tert-OH is 1. The van der Waals surface area contributed by atoms with Gasteiger partial charge in [-0.1, -0.05) is 30.9 Å². The molecule has 2 aromatic rings. The molecule has 202 valence electrons. The van der Waals surface area contributed by atoms with E-state index in [0.29, 0.717) is 5.75 Å². The van der Waals surface area contributed by atoms with E-state index in [1.54, 1.807) is 51.1 Å². The van der Waals surface area contributed by atoms with Crippen LogP contribution in [0, 0.1) is 0 Å². The quantitative estimate of drug-likeness (QED) is 0.178. The number of carbonyl (C=O) groups excluding carboxylic acids is 1. The minimum absolute atomic E-state index is 0.350. The van der Waals surface area contributed by atoms with Gasteiger partial charge in [0.1, 0.15) is 24.0 Å². The number of hydrogen-bond acceptors (Lipinski definition) is 10. The van der Waals surface area contributed by atoms with Crippen LogP contribution in [-0.2, 0) is 30.6 Å². The summed E-state index contributed by atoms with van der Waals surface area (Å²) >= 11 is 5.64. The van der Waals surface area contributed by atoms with Crippen molar-refractivity contribution < 1.29 is 33.5 Å². The van der Waals surface area contributed by atoms with E-state index in [9.17, 15) is 24.6 Å². The number of H-pyrrole nitrogens is 1. The maximum Gasteiger partial charge on any atom is 0.330 e. The number of nitrogens with zero attached hydrogens (tertiary/aromatic N) is 1. The molecule has 0 bridgehead atoms. The molecule has 0 spiro atoms. The second-order valence-electron chi connectivity index (χ2n) is 8.61. The predicted molar refractivity (Wildman–Crippen MR) is 138 cm³/mol. The Hall–Kier alpha value is -2.64. The highest BCUT2D eigenvalue weighted by Crippen LogP contribution is 2.47. The third-order valence-electron chi connectivity index (χ3n) is 5.39. The number of aromatic nitrogens is 2. The lowest BCUT2D eigenvalue weighted by Gasteiger charge is -2.29. The van der Waals surface area contributed by atoms with Crippen molar-refractivity contribution in [3.05, 3.63) is 76.1 Å². The molecule has 1 saturated heterocycles. The number of ether oxygens (including phenoxy) is 2. The van der Waals surface area contributed by atoms with Crippen LogP contribution in [0.5, 0.6) is 5.75 Å². The van der Waals surface area contributed by atoms with Gasteiger partial charge in [-0.15, -0.1) is 0 Å². The molecule has 4 N–H and O–H groups in total. The van der Waals surface area contributed by atoms with Crippen molar-refractivity contribution in [3.63, 3.8) is 0 Å². The molecule has 1 aromatic carbocycles. The number of aliphatic hydroxyl groups is 2. The number of rotatable bonds is 11. The average Bonchev–Trinajstić information content (AvgIpc) is 3.08. The Morgan fingerprint density at radius 2 is 2.00 bits per heavy atom. The second kappa shape index (κ2) is 11.8. The van der Waals surface area contributed by atoms with Gasteiger partial charge in [0, 0.05) is 12.3 Å². The summed E-state index contributed by atoms with van der Waals surface area (Å²) < 4.78 is 23.7. The number of carbonyl (C=O) groups is 1. The smallest absolute Gasteiger partial charge is 0.330 e. The highest BCUT2D eigenvalue weighted by Gasteiger charge is 2.55. The maximum atomic E-state index is 12.4. The fourth-order valence-electron chi connectivity index (χ4n) is 3.55. The number of para-hydroxylation sites is 1. The molecule has 0 unspecified atom stereocenters. The second-order valence-corrected chi connectivity index (χ2v) is 11.8. The summed E-state index contributed by atoms with van der Waals surface area (Å²) in [7, 11) is 0. The molecule has 6 atom stereocenters. The van der Waals surface area contributed by atoms with E-state index in [-0.39, 0.29) is 6.10 Å². The lowest BCUT2D eigenvalue weighted by Crippen LogP contribution is -2.47. The molecule has 1 aliphatic heterocycles. The normalized spacial score (nSPS) is 25.8. The molecule has 0 amide bonds. The van der Waals surface area contributed by atoms with Gasteiger partial charge in [0.15, 0.2) is 11.8 Å². The Balaban J connectivity index is 1.83. The standard InChI is InChI=1S/C23H30N3O9PS/c1-5-23(31)19(28)17(34-21(23)26-12-11-18(27)24-22(26)30)13-32-36(37,35-16-9-7-6-8-10-16)25-15(4)20(29)33-14(2)3/h5-12,14-15,17,19,21,28,31H,1,13H2,2-4H3,(H,25,37)(H,24,27,30)/t15-,17+,19+,21+,23+,36+/m0/s1. The number of nitrogens with one attached hydrogen (secondary N) is 2. The zero-order chi connectivity index (χ0) is 27.4. The van der Waals surface area contributed by atoms with Gasteiger partial charge in [-0.3, -0.25) is 19.1 Å². The van der Waals surface area contributed by atoms with Crippen molar-refractivity contribution in [2.75, 3.05) is 6.61 Å². The molecule has 12 nitrogen and oxygen atoms in total. The van der Waals surface area contributed by atoms with Crippen LogP contribution < -0.4 is 20.9 Å². The number of aromatic amines is 1. The molecular formula is C23H30N3O9PS. The number of esters is 1. The first-order valence-corrected chi connectivity index (χ1v) is 14.0. The highest BCUT2D eigenvalue weighted by molar-refractivity contribution is 8.09. The van der Waals surface area contributed by atoms with Gasteiger partial charge in [0.05, 0.1) is 12.7 Å². The first-order chi connectivity index (χ1) is 17.4. The van der Waals surface area contributed by atoms with E-state index in [1.807, 2.05) is 0 Å². The van der Waals surface area contributed by atoms with Gasteiger partial charge in [-0.25, -0.2) is 9.88 Å². The first kappa shape index (κ1) is 28.9. The largest absolute Gasteiger partial charge is 0.462 e. The molecule has 0 saturated carbocycles. The lowest BCUT2D eigenvalue weighted by molar-refractivity contribution is -0.149. The van der Waals surface area contributed by atoms with Crippen molar-refractivity contribution in [3.8, 4) is 5.75 Å². The topological polar surface area (TPSA) is 161 Å². The van der Waals surface area contributed by atoms with E-state index in [4.69, 9.17) is 30.3 Å². The summed E-state index contributed by atoms with van der Waals surface area (Å²) in [6.07, 6.45) is -2.41. The molecule has 3 rings (SSSR count). The van der Waals surface area contributed by atoms with E-state index in [2.05, 4.69) is 16.7 Å². The van der Waals surface area contributed by atoms with Crippen molar-refractivity contribution in [1.82, 2.24) is 14.6 Å². The van der Waals surface area contributed by atoms with Gasteiger partial charge in [0.25, 0.3) is 5.56 Å². The van der Waals surface area contributed by atoms with Gasteiger partial charge >= 0.3 is 18.3 Å². The van der Waals surface area contributed by atoms with Crippen molar-refractivity contribution in [2.24, 2.45) is 0 Å². The van der Waals surface area contributed by atoms with Crippen LogP contribution in [0.3, 0.4) is 0 Å². The molecule has 1 aromatic heterocycles. The predicted octanol–water partition coefficient (Wildman–Crippen LogP) is 0.962. The third-order valence-corrected chi connectivity index (χ3v) is 7.89. The van der Waals surface area contributed by atoms with Gasteiger partial charge < -0.3 is 28.7 Å². The molecule has 2 heterocycles. The molecule has 1 aliphatic rings. The van der Waals surface area contributed by atoms with Crippen molar-refractivity contribution >= 4 is 24.4 Å².